The van der Waals surface area contributed by atoms with E-state index in [1.807, 2.05) is 6.20 Å². The number of hydrogen-bond acceptors (Lipinski definition) is 1. The molecule has 1 saturated carbocycles. The third-order valence-electron chi connectivity index (χ3n) is 5.84. The lowest BCUT2D eigenvalue weighted by molar-refractivity contribution is 0.437. The molecule has 2 aromatic rings. The molecule has 0 radical (unpaired) electrons. The van der Waals surface area contributed by atoms with Crippen LogP contribution in [-0.2, 0) is 0 Å². The number of pyridine rings is 1. The number of rotatable bonds is 4. The van der Waals surface area contributed by atoms with Gasteiger partial charge in [0.15, 0.2) is 0 Å². The van der Waals surface area contributed by atoms with E-state index in [0.717, 1.165) is 18.8 Å². The highest BCUT2D eigenvalue weighted by Gasteiger charge is 2.55. The predicted molar refractivity (Wildman–Crippen MR) is 103 cm³/mol. The van der Waals surface area contributed by atoms with Crippen LogP contribution in [0.4, 0.5) is 0 Å². The quantitative estimate of drug-likeness (QED) is 0.613. The van der Waals surface area contributed by atoms with Crippen LogP contribution in [0.2, 0.25) is 0 Å². The van der Waals surface area contributed by atoms with Gasteiger partial charge < -0.3 is 0 Å². The van der Waals surface area contributed by atoms with Crippen LogP contribution in [-0.4, -0.2) is 4.98 Å². The maximum atomic E-state index is 4.80. The minimum Gasteiger partial charge on any atom is -0.256 e. The van der Waals surface area contributed by atoms with Gasteiger partial charge in [-0.2, -0.15) is 0 Å². The van der Waals surface area contributed by atoms with E-state index in [0.29, 0.717) is 11.3 Å². The van der Waals surface area contributed by atoms with Crippen molar-refractivity contribution >= 4 is 16.3 Å². The molecule has 4 rings (SSSR count). The number of hydrogen-bond donors (Lipinski definition) is 0. The first-order valence-corrected chi connectivity index (χ1v) is 9.15. The molecule has 0 spiro atoms. The maximum absolute atomic E-state index is 4.80. The summed E-state index contributed by atoms with van der Waals surface area (Å²) >= 11 is 0. The fourth-order valence-corrected chi connectivity index (χ4v) is 4.37. The smallest absolute Gasteiger partial charge is 0.0743 e. The summed E-state index contributed by atoms with van der Waals surface area (Å²) in [6, 6.07) is 10.7. The molecule has 1 nitrogen and oxygen atoms in total. The van der Waals surface area contributed by atoms with Crippen LogP contribution >= 0.6 is 0 Å². The Labute approximate surface area is 144 Å². The van der Waals surface area contributed by atoms with E-state index in [1.54, 1.807) is 0 Å². The molecule has 2 aliphatic rings. The molecule has 0 amide bonds. The molecule has 122 valence electrons. The lowest BCUT2D eigenvalue weighted by Gasteiger charge is -2.29. The molecule has 2 aliphatic carbocycles. The highest BCUT2D eigenvalue weighted by Crippen LogP contribution is 2.63. The number of benzene rings is 1. The Kier molecular flexibility index (Phi) is 3.88. The highest BCUT2D eigenvalue weighted by atomic mass is 14.7. The Morgan fingerprint density at radius 2 is 2.08 bits per heavy atom. The van der Waals surface area contributed by atoms with Crippen LogP contribution in [0.25, 0.3) is 16.3 Å². The second-order valence-corrected chi connectivity index (χ2v) is 7.25. The second kappa shape index (κ2) is 6.05. The van der Waals surface area contributed by atoms with Crippen LogP contribution < -0.4 is 0 Å². The Bertz CT molecular complexity index is 837. The van der Waals surface area contributed by atoms with Crippen molar-refractivity contribution < 1.29 is 0 Å². The molecule has 0 saturated heterocycles. The standard InChI is InChI=1S/C23H25N/c1-3-4-14-23(16-17(23)2)21-12-8-7-11-20(21)22-19-10-6-5-9-18(19)13-15-24-22/h4-11,13-15,17,21H,3,12,16H2,1-2H3. The fourth-order valence-electron chi connectivity index (χ4n) is 4.37. The summed E-state index contributed by atoms with van der Waals surface area (Å²) in [4.78, 5) is 4.80. The number of aromatic nitrogens is 1. The van der Waals surface area contributed by atoms with Gasteiger partial charge in [0.25, 0.3) is 0 Å². The molecule has 24 heavy (non-hydrogen) atoms. The Balaban J connectivity index is 1.82. The average molecular weight is 315 g/mol. The van der Waals surface area contributed by atoms with Crippen molar-refractivity contribution in [2.45, 2.75) is 33.1 Å². The van der Waals surface area contributed by atoms with Gasteiger partial charge in [0.1, 0.15) is 0 Å². The van der Waals surface area contributed by atoms with Gasteiger partial charge in [-0.05, 0) is 53.5 Å². The Morgan fingerprint density at radius 3 is 2.88 bits per heavy atom. The molecule has 1 aromatic carbocycles. The average Bonchev–Trinajstić information content (AvgIpc) is 3.30. The molecule has 1 aromatic heterocycles. The van der Waals surface area contributed by atoms with E-state index in [9.17, 15) is 0 Å². The van der Waals surface area contributed by atoms with E-state index in [4.69, 9.17) is 4.98 Å². The van der Waals surface area contributed by atoms with Crippen LogP contribution in [0.5, 0.6) is 0 Å². The van der Waals surface area contributed by atoms with Gasteiger partial charge in [-0.3, -0.25) is 4.98 Å². The largest absolute Gasteiger partial charge is 0.256 e. The molecule has 3 atom stereocenters. The molecule has 0 bridgehead atoms. The SMILES string of the molecule is CCC=CC1(C2CC=CC=C2c2nccc3ccccc23)CC1C. The van der Waals surface area contributed by atoms with Crippen LogP contribution in [0.3, 0.4) is 0 Å². The van der Waals surface area contributed by atoms with Crippen molar-refractivity contribution in [3.63, 3.8) is 0 Å². The summed E-state index contributed by atoms with van der Waals surface area (Å²) < 4.78 is 0. The van der Waals surface area contributed by atoms with Crippen LogP contribution in [0, 0.1) is 17.3 Å². The Hall–Kier alpha value is -2.15. The summed E-state index contributed by atoms with van der Waals surface area (Å²) in [7, 11) is 0. The van der Waals surface area contributed by atoms with Crippen molar-refractivity contribution in [3.8, 4) is 0 Å². The molecule has 3 unspecified atom stereocenters. The number of allylic oxidation sites excluding steroid dienone is 6. The van der Waals surface area contributed by atoms with E-state index < -0.39 is 0 Å². The minimum atomic E-state index is 0.325. The third kappa shape index (κ3) is 2.43. The van der Waals surface area contributed by atoms with E-state index in [-0.39, 0.29) is 0 Å². The minimum absolute atomic E-state index is 0.325. The molecule has 0 N–H and O–H groups in total. The number of nitrogens with zero attached hydrogens (tertiary/aromatic N) is 1. The maximum Gasteiger partial charge on any atom is 0.0743 e. The summed E-state index contributed by atoms with van der Waals surface area (Å²) in [5.74, 6) is 1.30. The normalized spacial score (nSPS) is 29.2. The van der Waals surface area contributed by atoms with Crippen molar-refractivity contribution in [1.82, 2.24) is 4.98 Å². The summed E-state index contributed by atoms with van der Waals surface area (Å²) in [5, 5.41) is 2.55. The molecular weight excluding hydrogens is 290 g/mol. The van der Waals surface area contributed by atoms with Crippen LogP contribution in [0.15, 0.2) is 66.9 Å². The van der Waals surface area contributed by atoms with E-state index in [1.165, 1.54) is 28.5 Å². The van der Waals surface area contributed by atoms with Gasteiger partial charge in [0.05, 0.1) is 5.69 Å². The molecule has 1 fully saturated rings. The molecule has 0 aliphatic heterocycles. The van der Waals surface area contributed by atoms with E-state index >= 15 is 0 Å². The lowest BCUT2D eigenvalue weighted by Crippen LogP contribution is -2.19. The Morgan fingerprint density at radius 1 is 1.25 bits per heavy atom. The van der Waals surface area contributed by atoms with Gasteiger partial charge in [0.2, 0.25) is 0 Å². The summed E-state index contributed by atoms with van der Waals surface area (Å²) in [6.07, 6.45) is 17.2. The number of fused-ring (bicyclic) bond motifs is 1. The first-order valence-electron chi connectivity index (χ1n) is 9.15. The highest BCUT2D eigenvalue weighted by molar-refractivity contribution is 5.93. The van der Waals surface area contributed by atoms with Gasteiger partial charge in [-0.1, -0.05) is 68.5 Å². The lowest BCUT2D eigenvalue weighted by atomic mass is 9.75. The van der Waals surface area contributed by atoms with Gasteiger partial charge in [0, 0.05) is 11.6 Å². The first-order chi connectivity index (χ1) is 11.8. The first kappa shape index (κ1) is 15.4. The van der Waals surface area contributed by atoms with Gasteiger partial charge in [-0.25, -0.2) is 0 Å². The second-order valence-electron chi connectivity index (χ2n) is 7.25. The zero-order chi connectivity index (χ0) is 16.6. The zero-order valence-electron chi connectivity index (χ0n) is 14.6. The topological polar surface area (TPSA) is 12.9 Å². The van der Waals surface area contributed by atoms with Gasteiger partial charge >= 0.3 is 0 Å². The van der Waals surface area contributed by atoms with E-state index in [2.05, 4.69) is 74.6 Å². The summed E-state index contributed by atoms with van der Waals surface area (Å²) in [6.45, 7) is 4.62. The van der Waals surface area contributed by atoms with Crippen molar-refractivity contribution in [3.05, 3.63) is 72.6 Å². The zero-order valence-corrected chi connectivity index (χ0v) is 14.6. The van der Waals surface area contributed by atoms with Crippen LogP contribution in [0.1, 0.15) is 38.8 Å². The molecular formula is C23H25N. The van der Waals surface area contributed by atoms with Gasteiger partial charge in [-0.15, -0.1) is 0 Å². The van der Waals surface area contributed by atoms with Crippen molar-refractivity contribution in [2.75, 3.05) is 0 Å². The third-order valence-corrected chi connectivity index (χ3v) is 5.84. The fraction of sp³-hybridized carbons (Fsp3) is 0.348. The molecule has 1 heterocycles. The predicted octanol–water partition coefficient (Wildman–Crippen LogP) is 6.19. The monoisotopic (exact) mass is 315 g/mol. The summed E-state index contributed by atoms with van der Waals surface area (Å²) in [5.41, 5.74) is 2.91. The molecule has 1 heteroatoms. The van der Waals surface area contributed by atoms with Crippen molar-refractivity contribution in [1.29, 1.82) is 0 Å². The van der Waals surface area contributed by atoms with Crippen molar-refractivity contribution in [2.24, 2.45) is 17.3 Å².